The molecule has 0 spiro atoms. The number of aromatic hydroxyl groups is 1. The van der Waals surface area contributed by atoms with Crippen LogP contribution in [0.5, 0.6) is 5.88 Å². The first-order valence-electron chi connectivity index (χ1n) is 7.55. The van der Waals surface area contributed by atoms with Crippen molar-refractivity contribution in [3.05, 3.63) is 85.8 Å². The third-order valence-corrected chi connectivity index (χ3v) is 3.76. The van der Waals surface area contributed by atoms with E-state index in [1.807, 2.05) is 0 Å². The molecule has 3 rings (SSSR count). The smallest absolute Gasteiger partial charge is 0.335 e. The molecule has 10 heteroatoms. The van der Waals surface area contributed by atoms with Gasteiger partial charge in [-0.3, -0.25) is 19.6 Å². The number of amides is 1. The molecule has 0 saturated heterocycles. The van der Waals surface area contributed by atoms with E-state index in [9.17, 15) is 19.5 Å². The minimum Gasteiger partial charge on any atom is -0.493 e. The number of carbonyl (C=O) groups is 1. The lowest BCUT2D eigenvalue weighted by atomic mass is 10.2. The Kier molecular flexibility index (Phi) is 5.13. The number of hydrogen-bond acceptors (Lipinski definition) is 6. The summed E-state index contributed by atoms with van der Waals surface area (Å²) in [5, 5.41) is 14.5. The van der Waals surface area contributed by atoms with Crippen LogP contribution in [0.4, 0.5) is 0 Å². The number of pyridine rings is 1. The van der Waals surface area contributed by atoms with Gasteiger partial charge in [-0.25, -0.2) is 14.8 Å². The van der Waals surface area contributed by atoms with Gasteiger partial charge in [0.15, 0.2) is 0 Å². The summed E-state index contributed by atoms with van der Waals surface area (Å²) in [4.78, 5) is 41.8. The number of benzene rings is 1. The fraction of sp³-hybridized carbons (Fsp3) is 0. The molecule has 136 valence electrons. The Bertz CT molecular complexity index is 1120. The van der Waals surface area contributed by atoms with Gasteiger partial charge in [-0.05, 0) is 36.4 Å². The Morgan fingerprint density at radius 2 is 1.85 bits per heavy atom. The number of nitrogens with one attached hydrogen (secondary N) is 2. The summed E-state index contributed by atoms with van der Waals surface area (Å²) in [6.07, 6.45) is 3.83. The maximum Gasteiger partial charge on any atom is 0.335 e. The van der Waals surface area contributed by atoms with Gasteiger partial charge in [-0.15, -0.1) is 0 Å². The molecule has 1 amide bonds. The Morgan fingerprint density at radius 3 is 2.52 bits per heavy atom. The SMILES string of the molecule is O=C(NN=Cc1c(O)n(-c2ccc(Cl)cc2)c(=O)[nH]c1=O)c1ccncc1. The van der Waals surface area contributed by atoms with Gasteiger partial charge in [0.2, 0.25) is 5.88 Å². The predicted octanol–water partition coefficient (Wildman–Crippen LogP) is 1.04. The van der Waals surface area contributed by atoms with E-state index in [0.717, 1.165) is 10.8 Å². The highest BCUT2D eigenvalue weighted by molar-refractivity contribution is 6.30. The van der Waals surface area contributed by atoms with Crippen LogP contribution in [0.3, 0.4) is 0 Å². The number of nitrogens with zero attached hydrogens (tertiary/aromatic N) is 3. The van der Waals surface area contributed by atoms with Gasteiger partial charge in [0.25, 0.3) is 11.5 Å². The van der Waals surface area contributed by atoms with Crippen molar-refractivity contribution in [2.24, 2.45) is 5.10 Å². The minimum atomic E-state index is -0.857. The van der Waals surface area contributed by atoms with E-state index >= 15 is 0 Å². The zero-order chi connectivity index (χ0) is 19.4. The lowest BCUT2D eigenvalue weighted by Crippen LogP contribution is -2.31. The Balaban J connectivity index is 1.93. The van der Waals surface area contributed by atoms with Crippen LogP contribution in [0, 0.1) is 0 Å². The summed E-state index contributed by atoms with van der Waals surface area (Å²) in [7, 11) is 0. The number of aromatic nitrogens is 3. The largest absolute Gasteiger partial charge is 0.493 e. The van der Waals surface area contributed by atoms with Crippen molar-refractivity contribution in [1.82, 2.24) is 20.0 Å². The van der Waals surface area contributed by atoms with Crippen LogP contribution < -0.4 is 16.7 Å². The fourth-order valence-electron chi connectivity index (χ4n) is 2.21. The van der Waals surface area contributed by atoms with E-state index in [2.05, 4.69) is 20.5 Å². The molecule has 0 radical (unpaired) electrons. The number of hydrazone groups is 1. The molecular weight excluding hydrogens is 374 g/mol. The summed E-state index contributed by atoms with van der Waals surface area (Å²) in [6.45, 7) is 0. The van der Waals surface area contributed by atoms with Crippen LogP contribution in [0.2, 0.25) is 5.02 Å². The van der Waals surface area contributed by atoms with Gasteiger partial charge < -0.3 is 5.11 Å². The van der Waals surface area contributed by atoms with Crippen molar-refractivity contribution in [3.8, 4) is 11.6 Å². The Morgan fingerprint density at radius 1 is 1.19 bits per heavy atom. The first-order chi connectivity index (χ1) is 13.0. The summed E-state index contributed by atoms with van der Waals surface area (Å²) >= 11 is 5.81. The van der Waals surface area contributed by atoms with E-state index in [1.54, 1.807) is 0 Å². The monoisotopic (exact) mass is 385 g/mol. The standard InChI is InChI=1S/C17H12ClN5O4/c18-11-1-3-12(4-2-11)23-16(26)13(15(25)21-17(23)27)9-20-22-14(24)10-5-7-19-8-6-10/h1-9,26H,(H,22,24)(H,21,25,27). The zero-order valence-corrected chi connectivity index (χ0v) is 14.3. The lowest BCUT2D eigenvalue weighted by Gasteiger charge is -2.09. The minimum absolute atomic E-state index is 0.286. The van der Waals surface area contributed by atoms with Crippen LogP contribution >= 0.6 is 11.6 Å². The summed E-state index contributed by atoms with van der Waals surface area (Å²) in [6, 6.07) is 9.00. The number of carbonyl (C=O) groups excluding carboxylic acids is 1. The molecule has 0 aliphatic rings. The van der Waals surface area contributed by atoms with Gasteiger partial charge in [0.05, 0.1) is 11.9 Å². The third kappa shape index (κ3) is 3.93. The first-order valence-corrected chi connectivity index (χ1v) is 7.93. The number of hydrogen-bond donors (Lipinski definition) is 3. The molecule has 0 fully saturated rings. The molecule has 3 aromatic rings. The first kappa shape index (κ1) is 18.1. The van der Waals surface area contributed by atoms with Gasteiger partial charge in [-0.1, -0.05) is 11.6 Å². The van der Waals surface area contributed by atoms with Gasteiger partial charge in [-0.2, -0.15) is 5.10 Å². The second kappa shape index (κ2) is 7.67. The Labute approximate surface area is 156 Å². The molecule has 0 aliphatic carbocycles. The summed E-state index contributed by atoms with van der Waals surface area (Å²) in [5.74, 6) is -1.16. The fourth-order valence-corrected chi connectivity index (χ4v) is 2.33. The topological polar surface area (TPSA) is 129 Å². The lowest BCUT2D eigenvalue weighted by molar-refractivity contribution is 0.0955. The number of halogens is 1. The zero-order valence-electron chi connectivity index (χ0n) is 13.6. The van der Waals surface area contributed by atoms with Gasteiger partial charge in [0.1, 0.15) is 5.56 Å². The van der Waals surface area contributed by atoms with E-state index in [0.29, 0.717) is 10.6 Å². The number of aromatic amines is 1. The van der Waals surface area contributed by atoms with Crippen molar-refractivity contribution in [2.75, 3.05) is 0 Å². The summed E-state index contributed by atoms with van der Waals surface area (Å²) in [5.41, 5.74) is 0.816. The van der Waals surface area contributed by atoms with Crippen molar-refractivity contribution in [1.29, 1.82) is 0 Å². The maximum atomic E-state index is 12.1. The number of H-pyrrole nitrogens is 1. The molecule has 3 N–H and O–H groups in total. The third-order valence-electron chi connectivity index (χ3n) is 3.51. The van der Waals surface area contributed by atoms with Crippen LogP contribution in [-0.4, -0.2) is 31.8 Å². The summed E-state index contributed by atoms with van der Waals surface area (Å²) < 4.78 is 0.879. The van der Waals surface area contributed by atoms with Crippen molar-refractivity contribution >= 4 is 23.7 Å². The molecule has 27 heavy (non-hydrogen) atoms. The van der Waals surface area contributed by atoms with Crippen LogP contribution in [0.15, 0.2) is 63.5 Å². The van der Waals surface area contributed by atoms with Crippen LogP contribution in [-0.2, 0) is 0 Å². The maximum absolute atomic E-state index is 12.1. The number of rotatable bonds is 4. The van der Waals surface area contributed by atoms with Gasteiger partial charge >= 0.3 is 5.69 Å². The molecule has 0 atom stereocenters. The molecule has 1 aromatic carbocycles. The van der Waals surface area contributed by atoms with E-state index in [-0.39, 0.29) is 11.3 Å². The highest BCUT2D eigenvalue weighted by atomic mass is 35.5. The molecule has 2 aromatic heterocycles. The highest BCUT2D eigenvalue weighted by Crippen LogP contribution is 2.17. The van der Waals surface area contributed by atoms with E-state index < -0.39 is 23.0 Å². The Hall–Kier alpha value is -3.72. The normalized spacial score (nSPS) is 10.9. The second-order valence-corrected chi connectivity index (χ2v) is 5.68. The van der Waals surface area contributed by atoms with Crippen molar-refractivity contribution < 1.29 is 9.90 Å². The highest BCUT2D eigenvalue weighted by Gasteiger charge is 2.14. The van der Waals surface area contributed by atoms with Crippen LogP contribution in [0.1, 0.15) is 15.9 Å². The van der Waals surface area contributed by atoms with Gasteiger partial charge in [0, 0.05) is 23.0 Å². The second-order valence-electron chi connectivity index (χ2n) is 5.24. The molecule has 9 nitrogen and oxygen atoms in total. The molecular formula is C17H12ClN5O4. The predicted molar refractivity (Wildman–Crippen MR) is 98.6 cm³/mol. The van der Waals surface area contributed by atoms with Crippen molar-refractivity contribution in [2.45, 2.75) is 0 Å². The van der Waals surface area contributed by atoms with Crippen molar-refractivity contribution in [3.63, 3.8) is 0 Å². The van der Waals surface area contributed by atoms with E-state index in [4.69, 9.17) is 11.6 Å². The molecule has 2 heterocycles. The molecule has 0 saturated carbocycles. The molecule has 0 bridgehead atoms. The average Bonchev–Trinajstić information content (AvgIpc) is 2.66. The average molecular weight is 386 g/mol. The molecule has 0 aliphatic heterocycles. The van der Waals surface area contributed by atoms with Crippen LogP contribution in [0.25, 0.3) is 5.69 Å². The molecule has 0 unspecified atom stereocenters. The van der Waals surface area contributed by atoms with E-state index in [1.165, 1.54) is 48.8 Å². The quantitative estimate of drug-likeness (QED) is 0.456.